The van der Waals surface area contributed by atoms with Crippen molar-refractivity contribution in [3.63, 3.8) is 0 Å². The zero-order chi connectivity index (χ0) is 15.0. The molecule has 0 aliphatic rings. The molecular formula is C13H26N6O. The third-order valence-electron chi connectivity index (χ3n) is 2.81. The zero-order valence-electron chi connectivity index (χ0n) is 12.8. The van der Waals surface area contributed by atoms with Gasteiger partial charge in [0.1, 0.15) is 0 Å². The molecule has 0 aliphatic heterocycles. The summed E-state index contributed by atoms with van der Waals surface area (Å²) in [7, 11) is 0. The summed E-state index contributed by atoms with van der Waals surface area (Å²) in [6, 6.07) is 0.559. The molecule has 0 fully saturated rings. The molecule has 114 valence electrons. The number of hydrazine groups is 1. The minimum atomic E-state index is 0.271. The topological polar surface area (TPSA) is 98.0 Å². The molecule has 1 rings (SSSR count). The van der Waals surface area contributed by atoms with E-state index in [2.05, 4.69) is 46.5 Å². The maximum atomic E-state index is 5.34. The van der Waals surface area contributed by atoms with Crippen molar-refractivity contribution in [1.82, 2.24) is 15.0 Å². The van der Waals surface area contributed by atoms with Gasteiger partial charge in [0, 0.05) is 6.04 Å². The zero-order valence-corrected chi connectivity index (χ0v) is 12.8. The van der Waals surface area contributed by atoms with Crippen LogP contribution >= 0.6 is 0 Å². The van der Waals surface area contributed by atoms with Crippen molar-refractivity contribution in [3.05, 3.63) is 0 Å². The van der Waals surface area contributed by atoms with Gasteiger partial charge in [0.05, 0.1) is 6.61 Å². The van der Waals surface area contributed by atoms with Crippen molar-refractivity contribution in [1.29, 1.82) is 0 Å². The number of nitrogen functional groups attached to an aromatic ring is 1. The Bertz CT molecular complexity index is 398. The lowest BCUT2D eigenvalue weighted by atomic mass is 10.0. The largest absolute Gasteiger partial charge is 0.464 e. The molecule has 0 saturated carbocycles. The number of nitrogens with zero attached hydrogens (tertiary/aromatic N) is 3. The average Bonchev–Trinajstić information content (AvgIpc) is 2.38. The third kappa shape index (κ3) is 6.01. The van der Waals surface area contributed by atoms with Crippen LogP contribution in [0.2, 0.25) is 0 Å². The molecule has 0 saturated heterocycles. The van der Waals surface area contributed by atoms with E-state index in [0.717, 1.165) is 12.3 Å². The maximum absolute atomic E-state index is 5.34. The monoisotopic (exact) mass is 282 g/mol. The van der Waals surface area contributed by atoms with Gasteiger partial charge in [0.2, 0.25) is 11.9 Å². The summed E-state index contributed by atoms with van der Waals surface area (Å²) < 4.78 is 5.29. The summed E-state index contributed by atoms with van der Waals surface area (Å²) in [5.41, 5.74) is 2.42. The molecule has 0 spiro atoms. The average molecular weight is 282 g/mol. The van der Waals surface area contributed by atoms with Gasteiger partial charge in [0.25, 0.3) is 0 Å². The Labute approximate surface area is 120 Å². The molecule has 0 aromatic carbocycles. The van der Waals surface area contributed by atoms with E-state index in [0.29, 0.717) is 18.5 Å². The number of ether oxygens (including phenoxy) is 1. The quantitative estimate of drug-likeness (QED) is 0.471. The first-order chi connectivity index (χ1) is 9.55. The molecule has 20 heavy (non-hydrogen) atoms. The highest BCUT2D eigenvalue weighted by Gasteiger charge is 2.09. The SMILES string of the molecule is CCOc1nc(NN)nc(NC(C)CCCC(C)C)n1. The van der Waals surface area contributed by atoms with Crippen LogP contribution in [0.5, 0.6) is 6.01 Å². The number of aromatic nitrogens is 3. The molecule has 0 amide bonds. The Balaban J connectivity index is 2.58. The van der Waals surface area contributed by atoms with Crippen molar-refractivity contribution < 1.29 is 4.74 Å². The third-order valence-corrected chi connectivity index (χ3v) is 2.81. The van der Waals surface area contributed by atoms with E-state index in [9.17, 15) is 0 Å². The minimum Gasteiger partial charge on any atom is -0.464 e. The Morgan fingerprint density at radius 1 is 1.10 bits per heavy atom. The second-order valence-corrected chi connectivity index (χ2v) is 5.21. The lowest BCUT2D eigenvalue weighted by Crippen LogP contribution is -2.19. The van der Waals surface area contributed by atoms with E-state index in [4.69, 9.17) is 10.6 Å². The van der Waals surface area contributed by atoms with E-state index >= 15 is 0 Å². The van der Waals surface area contributed by atoms with Crippen LogP contribution in [0.25, 0.3) is 0 Å². The molecule has 1 atom stereocenters. The number of hydrogen-bond acceptors (Lipinski definition) is 7. The van der Waals surface area contributed by atoms with Crippen molar-refractivity contribution in [2.45, 2.75) is 53.0 Å². The van der Waals surface area contributed by atoms with Gasteiger partial charge in [-0.05, 0) is 26.2 Å². The summed E-state index contributed by atoms with van der Waals surface area (Å²) in [4.78, 5) is 12.4. The molecule has 4 N–H and O–H groups in total. The van der Waals surface area contributed by atoms with Crippen LogP contribution in [0.1, 0.15) is 47.0 Å². The fourth-order valence-electron chi connectivity index (χ4n) is 1.80. The predicted molar refractivity (Wildman–Crippen MR) is 80.6 cm³/mol. The predicted octanol–water partition coefficient (Wildman–Crippen LogP) is 2.18. The van der Waals surface area contributed by atoms with E-state index < -0.39 is 0 Å². The molecule has 0 radical (unpaired) electrons. The summed E-state index contributed by atoms with van der Waals surface area (Å²) in [5, 5.41) is 3.25. The van der Waals surface area contributed by atoms with Gasteiger partial charge in [-0.2, -0.15) is 15.0 Å². The first-order valence-electron chi connectivity index (χ1n) is 7.17. The van der Waals surface area contributed by atoms with Crippen molar-refractivity contribution in [2.75, 3.05) is 17.3 Å². The van der Waals surface area contributed by atoms with Gasteiger partial charge in [-0.15, -0.1) is 0 Å². The molecule has 1 heterocycles. The van der Waals surface area contributed by atoms with Gasteiger partial charge < -0.3 is 10.1 Å². The molecule has 7 nitrogen and oxygen atoms in total. The normalized spacial score (nSPS) is 12.3. The Hall–Kier alpha value is -1.63. The van der Waals surface area contributed by atoms with Gasteiger partial charge >= 0.3 is 6.01 Å². The standard InChI is InChI=1S/C13H26N6O/c1-5-20-13-17-11(16-12(18-13)19-14)15-10(4)8-6-7-9(2)3/h9-10H,5-8,14H2,1-4H3,(H2,15,16,17,18,19). The molecule has 7 heteroatoms. The summed E-state index contributed by atoms with van der Waals surface area (Å²) in [6.07, 6.45) is 3.47. The van der Waals surface area contributed by atoms with E-state index in [1.54, 1.807) is 0 Å². The fraction of sp³-hybridized carbons (Fsp3) is 0.769. The van der Waals surface area contributed by atoms with Crippen LogP contribution in [0, 0.1) is 5.92 Å². The summed E-state index contributed by atoms with van der Waals surface area (Å²) in [6.45, 7) is 8.95. The van der Waals surface area contributed by atoms with E-state index in [1.807, 2.05) is 6.92 Å². The number of nitrogens with two attached hydrogens (primary N) is 1. The number of anilines is 2. The lowest BCUT2D eigenvalue weighted by Gasteiger charge is -2.15. The van der Waals surface area contributed by atoms with Crippen LogP contribution in [0.4, 0.5) is 11.9 Å². The van der Waals surface area contributed by atoms with Crippen molar-refractivity contribution in [2.24, 2.45) is 11.8 Å². The fourth-order valence-corrected chi connectivity index (χ4v) is 1.80. The van der Waals surface area contributed by atoms with Crippen LogP contribution in [-0.4, -0.2) is 27.6 Å². The van der Waals surface area contributed by atoms with Crippen LogP contribution in [-0.2, 0) is 0 Å². The van der Waals surface area contributed by atoms with Crippen molar-refractivity contribution >= 4 is 11.9 Å². The Morgan fingerprint density at radius 2 is 1.80 bits per heavy atom. The maximum Gasteiger partial charge on any atom is 0.323 e. The van der Waals surface area contributed by atoms with Crippen molar-refractivity contribution in [3.8, 4) is 6.01 Å². The minimum absolute atomic E-state index is 0.271. The summed E-state index contributed by atoms with van der Waals surface area (Å²) >= 11 is 0. The Morgan fingerprint density at radius 3 is 2.40 bits per heavy atom. The lowest BCUT2D eigenvalue weighted by molar-refractivity contribution is 0.312. The molecule has 1 aromatic heterocycles. The molecule has 1 unspecified atom stereocenters. The second kappa shape index (κ2) is 8.52. The van der Waals surface area contributed by atoms with Crippen LogP contribution < -0.4 is 21.3 Å². The van der Waals surface area contributed by atoms with E-state index in [-0.39, 0.29) is 12.1 Å². The second-order valence-electron chi connectivity index (χ2n) is 5.21. The highest BCUT2D eigenvalue weighted by Crippen LogP contribution is 2.14. The highest BCUT2D eigenvalue weighted by molar-refractivity contribution is 5.35. The van der Waals surface area contributed by atoms with Gasteiger partial charge in [-0.3, -0.25) is 5.43 Å². The van der Waals surface area contributed by atoms with Gasteiger partial charge in [0.15, 0.2) is 0 Å². The number of nitrogens with one attached hydrogen (secondary N) is 2. The number of hydrogen-bond donors (Lipinski definition) is 3. The van der Waals surface area contributed by atoms with E-state index in [1.165, 1.54) is 12.8 Å². The summed E-state index contributed by atoms with van der Waals surface area (Å²) in [5.74, 6) is 6.85. The molecule has 1 aromatic rings. The first kappa shape index (κ1) is 16.4. The molecule has 0 bridgehead atoms. The van der Waals surface area contributed by atoms with Crippen LogP contribution in [0.3, 0.4) is 0 Å². The molecule has 0 aliphatic carbocycles. The smallest absolute Gasteiger partial charge is 0.323 e. The molecular weight excluding hydrogens is 256 g/mol. The Kier molecular flexibility index (Phi) is 7.00. The first-order valence-corrected chi connectivity index (χ1v) is 7.17. The van der Waals surface area contributed by atoms with Crippen LogP contribution in [0.15, 0.2) is 0 Å². The highest BCUT2D eigenvalue weighted by atomic mass is 16.5. The van der Waals surface area contributed by atoms with Gasteiger partial charge in [-0.25, -0.2) is 5.84 Å². The number of rotatable bonds is 9. The van der Waals surface area contributed by atoms with Gasteiger partial charge in [-0.1, -0.05) is 26.7 Å².